The Kier molecular flexibility index (Phi) is 3.09. The van der Waals surface area contributed by atoms with Gasteiger partial charge in [0.05, 0.1) is 0 Å². The Balaban J connectivity index is 3.00. The highest BCUT2D eigenvalue weighted by molar-refractivity contribution is 9.10. The number of halogens is 1. The highest BCUT2D eigenvalue weighted by atomic mass is 79.9. The smallest absolute Gasteiger partial charge is 0.0210 e. The Morgan fingerprint density at radius 3 is 2.73 bits per heavy atom. The van der Waals surface area contributed by atoms with Crippen molar-refractivity contribution >= 4 is 15.9 Å². The van der Waals surface area contributed by atoms with Crippen molar-refractivity contribution in [2.24, 2.45) is 5.73 Å². The van der Waals surface area contributed by atoms with E-state index in [1.54, 1.807) is 0 Å². The minimum Gasteiger partial charge on any atom is -0.330 e. The largest absolute Gasteiger partial charge is 0.330 e. The fourth-order valence-electron chi connectivity index (χ4n) is 1.13. The zero-order valence-corrected chi connectivity index (χ0v) is 8.19. The molecule has 0 aliphatic carbocycles. The van der Waals surface area contributed by atoms with E-state index in [9.17, 15) is 0 Å². The number of rotatable bonds is 2. The van der Waals surface area contributed by atoms with E-state index in [-0.39, 0.29) is 0 Å². The number of hydrogen-bond donors (Lipinski definition) is 1. The van der Waals surface area contributed by atoms with E-state index in [0.29, 0.717) is 6.54 Å². The topological polar surface area (TPSA) is 26.0 Å². The summed E-state index contributed by atoms with van der Waals surface area (Å²) in [5.41, 5.74) is 8.12. The van der Waals surface area contributed by atoms with Gasteiger partial charge in [-0.1, -0.05) is 28.1 Å². The zero-order valence-electron chi connectivity index (χ0n) is 6.60. The maximum absolute atomic E-state index is 5.48. The lowest BCUT2D eigenvalue weighted by molar-refractivity contribution is 0.952. The Hall–Kier alpha value is -0.340. The lowest BCUT2D eigenvalue weighted by Gasteiger charge is -2.05. The normalized spacial score (nSPS) is 10.1. The second-order valence-corrected chi connectivity index (χ2v) is 3.43. The number of benzene rings is 1. The van der Waals surface area contributed by atoms with Crippen LogP contribution >= 0.6 is 15.9 Å². The first-order chi connectivity index (χ1) is 5.25. The van der Waals surface area contributed by atoms with Crippen LogP contribution in [0.5, 0.6) is 0 Å². The van der Waals surface area contributed by atoms with Gasteiger partial charge in [0.25, 0.3) is 0 Å². The monoisotopic (exact) mass is 213 g/mol. The van der Waals surface area contributed by atoms with Crippen LogP contribution in [-0.4, -0.2) is 6.54 Å². The Labute approximate surface area is 75.7 Å². The molecule has 1 aromatic carbocycles. The fourth-order valence-corrected chi connectivity index (χ4v) is 1.79. The maximum atomic E-state index is 5.48. The standard InChI is InChI=1S/C9H12BrN/c1-7-3-2-4-9(10)8(7)5-6-11/h2-4H,5-6,11H2,1H3. The van der Waals surface area contributed by atoms with E-state index in [4.69, 9.17) is 5.73 Å². The Morgan fingerprint density at radius 2 is 2.18 bits per heavy atom. The van der Waals surface area contributed by atoms with Crippen molar-refractivity contribution in [1.82, 2.24) is 0 Å². The molecule has 0 fully saturated rings. The molecule has 0 aliphatic heterocycles. The SMILES string of the molecule is Cc1cccc(Br)c1CCN. The van der Waals surface area contributed by atoms with Crippen molar-refractivity contribution in [3.05, 3.63) is 33.8 Å². The van der Waals surface area contributed by atoms with Gasteiger partial charge in [-0.3, -0.25) is 0 Å². The lowest BCUT2D eigenvalue weighted by Crippen LogP contribution is -2.04. The van der Waals surface area contributed by atoms with Crippen molar-refractivity contribution in [3.8, 4) is 0 Å². The van der Waals surface area contributed by atoms with E-state index in [1.165, 1.54) is 15.6 Å². The van der Waals surface area contributed by atoms with Gasteiger partial charge in [-0.05, 0) is 37.1 Å². The van der Waals surface area contributed by atoms with Crippen LogP contribution in [0, 0.1) is 6.92 Å². The van der Waals surface area contributed by atoms with Crippen molar-refractivity contribution < 1.29 is 0 Å². The minimum absolute atomic E-state index is 0.712. The molecule has 0 unspecified atom stereocenters. The van der Waals surface area contributed by atoms with Crippen molar-refractivity contribution in [3.63, 3.8) is 0 Å². The molecule has 2 heteroatoms. The maximum Gasteiger partial charge on any atom is 0.0210 e. The quantitative estimate of drug-likeness (QED) is 0.802. The minimum atomic E-state index is 0.712. The summed E-state index contributed by atoms with van der Waals surface area (Å²) in [5, 5.41) is 0. The van der Waals surface area contributed by atoms with Gasteiger partial charge in [0.15, 0.2) is 0 Å². The van der Waals surface area contributed by atoms with Crippen molar-refractivity contribution in [1.29, 1.82) is 0 Å². The second kappa shape index (κ2) is 3.88. The number of nitrogens with two attached hydrogens (primary N) is 1. The highest BCUT2D eigenvalue weighted by Gasteiger charge is 2.00. The number of aryl methyl sites for hydroxylation is 1. The average Bonchev–Trinajstić information content (AvgIpc) is 1.97. The van der Waals surface area contributed by atoms with Gasteiger partial charge in [0, 0.05) is 4.47 Å². The highest BCUT2D eigenvalue weighted by Crippen LogP contribution is 2.19. The van der Waals surface area contributed by atoms with Gasteiger partial charge in [-0.15, -0.1) is 0 Å². The third-order valence-corrected chi connectivity index (χ3v) is 2.49. The molecule has 0 amide bonds. The molecule has 2 N–H and O–H groups in total. The second-order valence-electron chi connectivity index (χ2n) is 2.57. The van der Waals surface area contributed by atoms with Crippen LogP contribution in [0.1, 0.15) is 11.1 Å². The molecule has 0 heterocycles. The van der Waals surface area contributed by atoms with Gasteiger partial charge in [0.1, 0.15) is 0 Å². The summed E-state index contributed by atoms with van der Waals surface area (Å²) >= 11 is 3.49. The average molecular weight is 214 g/mol. The molecule has 1 nitrogen and oxygen atoms in total. The summed E-state index contributed by atoms with van der Waals surface area (Å²) in [6.45, 7) is 2.82. The molecule has 0 radical (unpaired) electrons. The zero-order chi connectivity index (χ0) is 8.27. The molecule has 0 spiro atoms. The first kappa shape index (κ1) is 8.75. The van der Waals surface area contributed by atoms with E-state index >= 15 is 0 Å². The fraction of sp³-hybridized carbons (Fsp3) is 0.333. The van der Waals surface area contributed by atoms with Gasteiger partial charge in [-0.2, -0.15) is 0 Å². The van der Waals surface area contributed by atoms with Crippen LogP contribution in [-0.2, 0) is 6.42 Å². The van der Waals surface area contributed by atoms with E-state index < -0.39 is 0 Å². The van der Waals surface area contributed by atoms with Crippen LogP contribution in [0.2, 0.25) is 0 Å². The van der Waals surface area contributed by atoms with Crippen LogP contribution in [0.4, 0.5) is 0 Å². The Bertz CT molecular complexity index is 225. The summed E-state index contributed by atoms with van der Waals surface area (Å²) in [7, 11) is 0. The molecule has 1 aromatic rings. The molecule has 0 saturated carbocycles. The van der Waals surface area contributed by atoms with Crippen LogP contribution in [0.3, 0.4) is 0 Å². The Morgan fingerprint density at radius 1 is 1.45 bits per heavy atom. The third kappa shape index (κ3) is 2.04. The summed E-state index contributed by atoms with van der Waals surface area (Å²) in [6, 6.07) is 6.20. The van der Waals surface area contributed by atoms with Gasteiger partial charge in [-0.25, -0.2) is 0 Å². The molecule has 0 bridgehead atoms. The molecule has 60 valence electrons. The van der Waals surface area contributed by atoms with E-state index in [1.807, 2.05) is 6.07 Å². The first-order valence-electron chi connectivity index (χ1n) is 3.69. The summed E-state index contributed by atoms with van der Waals surface area (Å²) in [6.07, 6.45) is 0.952. The molecule has 1 rings (SSSR count). The first-order valence-corrected chi connectivity index (χ1v) is 4.49. The third-order valence-electron chi connectivity index (χ3n) is 1.75. The summed E-state index contributed by atoms with van der Waals surface area (Å²) < 4.78 is 1.17. The molecular formula is C9H12BrN. The molecule has 0 aromatic heterocycles. The molecule has 0 saturated heterocycles. The lowest BCUT2D eigenvalue weighted by atomic mass is 10.1. The summed E-state index contributed by atoms with van der Waals surface area (Å²) in [4.78, 5) is 0. The summed E-state index contributed by atoms with van der Waals surface area (Å²) in [5.74, 6) is 0. The molecule has 0 atom stereocenters. The van der Waals surface area contributed by atoms with Crippen LogP contribution in [0.25, 0.3) is 0 Å². The predicted molar refractivity (Wildman–Crippen MR) is 51.6 cm³/mol. The molecule has 11 heavy (non-hydrogen) atoms. The van der Waals surface area contributed by atoms with Crippen molar-refractivity contribution in [2.75, 3.05) is 6.54 Å². The molecule has 0 aliphatic rings. The van der Waals surface area contributed by atoms with Crippen LogP contribution < -0.4 is 5.73 Å². The van der Waals surface area contributed by atoms with Gasteiger partial charge in [0.2, 0.25) is 0 Å². The van der Waals surface area contributed by atoms with E-state index in [0.717, 1.165) is 6.42 Å². The van der Waals surface area contributed by atoms with Crippen LogP contribution in [0.15, 0.2) is 22.7 Å². The molecular weight excluding hydrogens is 202 g/mol. The van der Waals surface area contributed by atoms with Gasteiger partial charge >= 0.3 is 0 Å². The van der Waals surface area contributed by atoms with Gasteiger partial charge < -0.3 is 5.73 Å². The van der Waals surface area contributed by atoms with Crippen molar-refractivity contribution in [2.45, 2.75) is 13.3 Å². The van der Waals surface area contributed by atoms with E-state index in [2.05, 4.69) is 35.0 Å². The number of hydrogen-bond acceptors (Lipinski definition) is 1. The predicted octanol–water partition coefficient (Wildman–Crippen LogP) is 2.26.